The highest BCUT2D eigenvalue weighted by Crippen LogP contribution is 2.28. The summed E-state index contributed by atoms with van der Waals surface area (Å²) in [5.41, 5.74) is 1.76. The molecule has 26 heavy (non-hydrogen) atoms. The Morgan fingerprint density at radius 3 is 2.77 bits per heavy atom. The maximum Gasteiger partial charge on any atom is 0.251 e. The lowest BCUT2D eigenvalue weighted by Crippen LogP contribution is -2.42. The number of carbonyl (C=O) groups is 3. The fourth-order valence-electron chi connectivity index (χ4n) is 3.63. The van der Waals surface area contributed by atoms with E-state index in [0.717, 1.165) is 18.4 Å². The van der Waals surface area contributed by atoms with Crippen molar-refractivity contribution in [3.8, 4) is 0 Å². The predicted octanol–water partition coefficient (Wildman–Crippen LogP) is 1.71. The molecule has 3 atom stereocenters. The highest BCUT2D eigenvalue weighted by atomic mass is 16.5. The third kappa shape index (κ3) is 4.12. The summed E-state index contributed by atoms with van der Waals surface area (Å²) < 4.78 is 5.42. The van der Waals surface area contributed by atoms with Crippen LogP contribution >= 0.6 is 0 Å². The first-order chi connectivity index (χ1) is 12.5. The van der Waals surface area contributed by atoms with Crippen LogP contribution in [-0.4, -0.2) is 54.3 Å². The van der Waals surface area contributed by atoms with Gasteiger partial charge in [-0.3, -0.25) is 14.4 Å². The average molecular weight is 358 g/mol. The molecule has 3 unspecified atom stereocenters. The van der Waals surface area contributed by atoms with Gasteiger partial charge < -0.3 is 15.0 Å². The summed E-state index contributed by atoms with van der Waals surface area (Å²) in [5, 5.41) is 2.90. The molecule has 2 aliphatic heterocycles. The van der Waals surface area contributed by atoms with E-state index in [1.165, 1.54) is 0 Å². The normalized spacial score (nSPS) is 23.0. The van der Waals surface area contributed by atoms with E-state index in [-0.39, 0.29) is 42.3 Å². The third-order valence-electron chi connectivity index (χ3n) is 5.19. The Hall–Kier alpha value is -2.21. The van der Waals surface area contributed by atoms with E-state index in [0.29, 0.717) is 25.1 Å². The van der Waals surface area contributed by atoms with Crippen molar-refractivity contribution in [2.24, 2.45) is 5.92 Å². The molecule has 0 bridgehead atoms. The minimum Gasteiger partial charge on any atom is -0.368 e. The van der Waals surface area contributed by atoms with E-state index in [9.17, 15) is 14.4 Å². The van der Waals surface area contributed by atoms with Gasteiger partial charge in [-0.05, 0) is 37.8 Å². The van der Waals surface area contributed by atoms with E-state index >= 15 is 0 Å². The SMILES string of the molecule is Cc1ccc(C(=O)NCCC(C)CC(=O)N2CCC3OCC(=O)C32)cc1. The first-order valence-electron chi connectivity index (χ1n) is 9.24. The molecule has 6 heteroatoms. The highest BCUT2D eigenvalue weighted by molar-refractivity contribution is 5.94. The highest BCUT2D eigenvalue weighted by Gasteiger charge is 2.46. The Balaban J connectivity index is 1.42. The van der Waals surface area contributed by atoms with Gasteiger partial charge in [-0.2, -0.15) is 0 Å². The monoisotopic (exact) mass is 358 g/mol. The van der Waals surface area contributed by atoms with E-state index in [4.69, 9.17) is 4.74 Å². The smallest absolute Gasteiger partial charge is 0.251 e. The second kappa shape index (κ2) is 7.99. The van der Waals surface area contributed by atoms with Gasteiger partial charge in [0.2, 0.25) is 5.91 Å². The second-order valence-corrected chi connectivity index (χ2v) is 7.36. The van der Waals surface area contributed by atoms with E-state index in [2.05, 4.69) is 5.32 Å². The van der Waals surface area contributed by atoms with Crippen LogP contribution < -0.4 is 5.32 Å². The number of ether oxygens (including phenoxy) is 1. The molecule has 0 saturated carbocycles. The molecule has 2 heterocycles. The van der Waals surface area contributed by atoms with Crippen molar-refractivity contribution >= 4 is 17.6 Å². The minimum absolute atomic E-state index is 0.00807. The van der Waals surface area contributed by atoms with Crippen molar-refractivity contribution in [2.45, 2.75) is 45.3 Å². The molecule has 140 valence electrons. The number of nitrogens with one attached hydrogen (secondary N) is 1. The number of aryl methyl sites for hydroxylation is 1. The van der Waals surface area contributed by atoms with Gasteiger partial charge in [0.05, 0.1) is 6.10 Å². The van der Waals surface area contributed by atoms with Gasteiger partial charge in [0.1, 0.15) is 12.6 Å². The molecule has 1 N–H and O–H groups in total. The van der Waals surface area contributed by atoms with Gasteiger partial charge in [-0.1, -0.05) is 24.6 Å². The van der Waals surface area contributed by atoms with Crippen molar-refractivity contribution in [3.63, 3.8) is 0 Å². The average Bonchev–Trinajstić information content (AvgIpc) is 3.18. The molecule has 0 aromatic heterocycles. The lowest BCUT2D eigenvalue weighted by Gasteiger charge is -2.23. The lowest BCUT2D eigenvalue weighted by atomic mass is 10.0. The largest absolute Gasteiger partial charge is 0.368 e. The number of likely N-dealkylation sites (tertiary alicyclic amines) is 1. The molecule has 0 spiro atoms. The molecule has 1 aromatic rings. The minimum atomic E-state index is -0.379. The number of ketones is 1. The Bertz CT molecular complexity index is 686. The van der Waals surface area contributed by atoms with E-state index in [1.54, 1.807) is 4.90 Å². The van der Waals surface area contributed by atoms with Crippen LogP contribution in [0.25, 0.3) is 0 Å². The zero-order chi connectivity index (χ0) is 18.7. The Morgan fingerprint density at radius 1 is 1.31 bits per heavy atom. The molecule has 2 aliphatic rings. The third-order valence-corrected chi connectivity index (χ3v) is 5.19. The van der Waals surface area contributed by atoms with Crippen molar-refractivity contribution in [1.29, 1.82) is 0 Å². The van der Waals surface area contributed by atoms with Crippen LogP contribution in [0.5, 0.6) is 0 Å². The van der Waals surface area contributed by atoms with Gasteiger partial charge in [-0.15, -0.1) is 0 Å². The molecule has 2 amide bonds. The first kappa shape index (κ1) is 18.6. The van der Waals surface area contributed by atoms with Gasteiger partial charge in [0, 0.05) is 25.1 Å². The molecular weight excluding hydrogens is 332 g/mol. The number of amides is 2. The predicted molar refractivity (Wildman–Crippen MR) is 96.8 cm³/mol. The zero-order valence-electron chi connectivity index (χ0n) is 15.4. The molecule has 0 radical (unpaired) electrons. The molecule has 1 aromatic carbocycles. The van der Waals surface area contributed by atoms with Crippen LogP contribution in [0.1, 0.15) is 42.1 Å². The molecule has 0 aliphatic carbocycles. The second-order valence-electron chi connectivity index (χ2n) is 7.36. The number of benzene rings is 1. The van der Waals surface area contributed by atoms with E-state index in [1.807, 2.05) is 38.1 Å². The number of Topliss-reactive ketones (excluding diaryl/α,β-unsaturated/α-hetero) is 1. The maximum atomic E-state index is 12.5. The lowest BCUT2D eigenvalue weighted by molar-refractivity contribution is -0.137. The number of rotatable bonds is 6. The Kier molecular flexibility index (Phi) is 5.71. The van der Waals surface area contributed by atoms with Gasteiger partial charge in [0.15, 0.2) is 5.78 Å². The number of hydrogen-bond donors (Lipinski definition) is 1. The van der Waals surface area contributed by atoms with E-state index < -0.39 is 0 Å². The summed E-state index contributed by atoms with van der Waals surface area (Å²) in [7, 11) is 0. The van der Waals surface area contributed by atoms with Crippen LogP contribution in [0, 0.1) is 12.8 Å². The van der Waals surface area contributed by atoms with Crippen LogP contribution in [0.4, 0.5) is 0 Å². The number of fused-ring (bicyclic) bond motifs is 1. The fourth-order valence-corrected chi connectivity index (χ4v) is 3.63. The summed E-state index contributed by atoms with van der Waals surface area (Å²) in [6.45, 7) is 5.22. The number of nitrogens with zero attached hydrogens (tertiary/aromatic N) is 1. The molecule has 2 fully saturated rings. The maximum absolute atomic E-state index is 12.5. The topological polar surface area (TPSA) is 75.7 Å². The summed E-state index contributed by atoms with van der Waals surface area (Å²) in [5.74, 6) is 0.0597. The fraction of sp³-hybridized carbons (Fsp3) is 0.550. The standard InChI is InChI=1S/C20H26N2O4/c1-13-3-5-15(6-4-13)20(25)21-9-7-14(2)11-18(24)22-10-8-17-19(22)16(23)12-26-17/h3-6,14,17,19H,7-12H2,1-2H3,(H,21,25). The van der Waals surface area contributed by atoms with Crippen molar-refractivity contribution in [2.75, 3.05) is 19.7 Å². The summed E-state index contributed by atoms with van der Waals surface area (Å²) in [6, 6.07) is 7.06. The molecule has 3 rings (SSSR count). The number of carbonyl (C=O) groups excluding carboxylic acids is 3. The molecular formula is C20H26N2O4. The molecule has 6 nitrogen and oxygen atoms in total. The van der Waals surface area contributed by atoms with Crippen LogP contribution in [0.15, 0.2) is 24.3 Å². The summed E-state index contributed by atoms with van der Waals surface area (Å²) in [4.78, 5) is 38.2. The Labute approximate surface area is 153 Å². The van der Waals surface area contributed by atoms with Crippen LogP contribution in [0.3, 0.4) is 0 Å². The van der Waals surface area contributed by atoms with Crippen molar-refractivity contribution in [1.82, 2.24) is 10.2 Å². The summed E-state index contributed by atoms with van der Waals surface area (Å²) in [6.07, 6.45) is 1.73. The summed E-state index contributed by atoms with van der Waals surface area (Å²) >= 11 is 0. The van der Waals surface area contributed by atoms with Crippen LogP contribution in [-0.2, 0) is 14.3 Å². The number of hydrogen-bond acceptors (Lipinski definition) is 4. The Morgan fingerprint density at radius 2 is 2.04 bits per heavy atom. The van der Waals surface area contributed by atoms with Crippen molar-refractivity contribution < 1.29 is 19.1 Å². The zero-order valence-corrected chi connectivity index (χ0v) is 15.4. The van der Waals surface area contributed by atoms with Gasteiger partial charge in [0.25, 0.3) is 5.91 Å². The first-order valence-corrected chi connectivity index (χ1v) is 9.24. The molecule has 2 saturated heterocycles. The van der Waals surface area contributed by atoms with Gasteiger partial charge >= 0.3 is 0 Å². The van der Waals surface area contributed by atoms with Gasteiger partial charge in [-0.25, -0.2) is 0 Å². The van der Waals surface area contributed by atoms with Crippen LogP contribution in [0.2, 0.25) is 0 Å². The van der Waals surface area contributed by atoms with Crippen molar-refractivity contribution in [3.05, 3.63) is 35.4 Å². The quantitative estimate of drug-likeness (QED) is 0.840.